The Morgan fingerprint density at radius 3 is 2.19 bits per heavy atom. The molecule has 0 bridgehead atoms. The Morgan fingerprint density at radius 1 is 0.923 bits per heavy atom. The van der Waals surface area contributed by atoms with Crippen molar-refractivity contribution >= 4 is 25.9 Å². The first-order valence-electron chi connectivity index (χ1n) is 8.41. The summed E-state index contributed by atoms with van der Waals surface area (Å²) < 4.78 is 51.9. The summed E-state index contributed by atoms with van der Waals surface area (Å²) in [5.74, 6) is -0.199. The van der Waals surface area contributed by atoms with Crippen molar-refractivity contribution in [3.63, 3.8) is 0 Å². The van der Waals surface area contributed by atoms with Crippen LogP contribution in [-0.2, 0) is 19.9 Å². The molecule has 3 rings (SSSR count). The molecule has 2 aromatic rings. The van der Waals surface area contributed by atoms with Gasteiger partial charge >= 0.3 is 0 Å². The largest absolute Gasteiger partial charge is 0.236 e. The van der Waals surface area contributed by atoms with Crippen molar-refractivity contribution in [2.45, 2.75) is 23.8 Å². The third kappa shape index (κ3) is 4.41. The van der Waals surface area contributed by atoms with E-state index < -0.39 is 25.9 Å². The molecule has 0 saturated carbocycles. The standard InChI is InChI=1S/C19H21NO4S2/c21-25(22,19-11-5-2-6-12-19)16-18-10-7-14-20(18)26(23,24)15-13-17-8-3-1-4-9-17/h1-6,8-9,11-13,15,18H,7,10,14,16H2/b15-13+/t18-/m0/s1. The SMILES string of the molecule is O=S(=O)(C[C@@H]1CCCN1S(=O)(=O)/C=C/c1ccccc1)c1ccccc1. The molecule has 0 aliphatic carbocycles. The van der Waals surface area contributed by atoms with Gasteiger partial charge < -0.3 is 0 Å². The first-order valence-corrected chi connectivity index (χ1v) is 11.6. The lowest BCUT2D eigenvalue weighted by atomic mass is 10.2. The van der Waals surface area contributed by atoms with Crippen molar-refractivity contribution in [1.82, 2.24) is 4.31 Å². The fourth-order valence-electron chi connectivity index (χ4n) is 3.10. The number of nitrogens with zero attached hydrogens (tertiary/aromatic N) is 1. The molecule has 1 heterocycles. The molecule has 2 aromatic carbocycles. The van der Waals surface area contributed by atoms with Crippen LogP contribution >= 0.6 is 0 Å². The Labute approximate surface area is 154 Å². The first kappa shape index (κ1) is 18.8. The van der Waals surface area contributed by atoms with Crippen molar-refractivity contribution in [2.24, 2.45) is 0 Å². The minimum Gasteiger partial charge on any atom is -0.224 e. The third-order valence-corrected chi connectivity index (χ3v) is 7.82. The lowest BCUT2D eigenvalue weighted by molar-refractivity contribution is 0.414. The summed E-state index contributed by atoms with van der Waals surface area (Å²) in [6, 6.07) is 16.8. The molecule has 0 unspecified atom stereocenters. The summed E-state index contributed by atoms with van der Waals surface area (Å²) in [5.41, 5.74) is 0.781. The average molecular weight is 392 g/mol. The zero-order valence-electron chi connectivity index (χ0n) is 14.2. The van der Waals surface area contributed by atoms with Crippen LogP contribution < -0.4 is 0 Å². The molecule has 1 atom stereocenters. The maximum Gasteiger partial charge on any atom is 0.236 e. The van der Waals surface area contributed by atoms with E-state index in [2.05, 4.69) is 0 Å². The molecule has 0 radical (unpaired) electrons. The highest BCUT2D eigenvalue weighted by Crippen LogP contribution is 2.25. The van der Waals surface area contributed by atoms with E-state index >= 15 is 0 Å². The van der Waals surface area contributed by atoms with Crippen LogP contribution in [0.2, 0.25) is 0 Å². The quantitative estimate of drug-likeness (QED) is 0.759. The molecule has 0 N–H and O–H groups in total. The van der Waals surface area contributed by atoms with E-state index in [1.807, 2.05) is 30.3 Å². The molecule has 1 aliphatic rings. The summed E-state index contributed by atoms with van der Waals surface area (Å²) in [7, 11) is -7.21. The molecule has 1 aliphatic heterocycles. The molecule has 0 aromatic heterocycles. The van der Waals surface area contributed by atoms with Gasteiger partial charge in [0.25, 0.3) is 0 Å². The fraction of sp³-hybridized carbons (Fsp3) is 0.263. The molecular weight excluding hydrogens is 370 g/mol. The van der Waals surface area contributed by atoms with E-state index in [1.54, 1.807) is 30.3 Å². The van der Waals surface area contributed by atoms with Gasteiger partial charge in [0.05, 0.1) is 10.6 Å². The second-order valence-electron chi connectivity index (χ2n) is 6.26. The van der Waals surface area contributed by atoms with Crippen molar-refractivity contribution in [3.05, 3.63) is 71.6 Å². The second kappa shape index (κ2) is 7.73. The number of sulfonamides is 1. The Bertz CT molecular complexity index is 969. The Kier molecular flexibility index (Phi) is 5.60. The molecule has 0 spiro atoms. The van der Waals surface area contributed by atoms with Crippen LogP contribution in [0.15, 0.2) is 71.0 Å². The summed E-state index contributed by atoms with van der Waals surface area (Å²) in [6.07, 6.45) is 2.74. The van der Waals surface area contributed by atoms with Gasteiger partial charge in [0.15, 0.2) is 9.84 Å². The highest BCUT2D eigenvalue weighted by Gasteiger charge is 2.36. The van der Waals surface area contributed by atoms with Gasteiger partial charge in [0, 0.05) is 18.0 Å². The highest BCUT2D eigenvalue weighted by molar-refractivity contribution is 7.92. The Balaban J connectivity index is 1.78. The van der Waals surface area contributed by atoms with E-state index in [9.17, 15) is 16.8 Å². The molecule has 0 amide bonds. The monoisotopic (exact) mass is 391 g/mol. The van der Waals surface area contributed by atoms with Crippen LogP contribution in [0.4, 0.5) is 0 Å². The van der Waals surface area contributed by atoms with Crippen LogP contribution in [0, 0.1) is 0 Å². The van der Waals surface area contributed by atoms with E-state index in [-0.39, 0.29) is 10.6 Å². The summed E-state index contributed by atoms with van der Waals surface area (Å²) >= 11 is 0. The number of sulfone groups is 1. The summed E-state index contributed by atoms with van der Waals surface area (Å²) in [5, 5.41) is 1.16. The molecule has 138 valence electrons. The summed E-state index contributed by atoms with van der Waals surface area (Å²) in [4.78, 5) is 0.226. The smallest absolute Gasteiger partial charge is 0.224 e. The normalized spacial score (nSPS) is 19.2. The molecular formula is C19H21NO4S2. The zero-order valence-corrected chi connectivity index (χ0v) is 15.9. The van der Waals surface area contributed by atoms with Crippen LogP contribution in [0.25, 0.3) is 6.08 Å². The number of benzene rings is 2. The predicted molar refractivity (Wildman–Crippen MR) is 103 cm³/mol. The Hall–Kier alpha value is -1.96. The van der Waals surface area contributed by atoms with Gasteiger partial charge in [-0.25, -0.2) is 16.8 Å². The fourth-order valence-corrected chi connectivity index (χ4v) is 6.27. The first-order chi connectivity index (χ1) is 12.4. The molecule has 5 nitrogen and oxygen atoms in total. The van der Waals surface area contributed by atoms with Crippen molar-refractivity contribution in [1.29, 1.82) is 0 Å². The molecule has 1 fully saturated rings. The van der Waals surface area contributed by atoms with E-state index in [0.717, 1.165) is 11.0 Å². The van der Waals surface area contributed by atoms with Gasteiger partial charge in [-0.2, -0.15) is 4.31 Å². The minimum atomic E-state index is -3.67. The van der Waals surface area contributed by atoms with E-state index in [1.165, 1.54) is 10.4 Å². The lowest BCUT2D eigenvalue weighted by Gasteiger charge is -2.22. The van der Waals surface area contributed by atoms with Crippen LogP contribution in [0.3, 0.4) is 0 Å². The molecule has 26 heavy (non-hydrogen) atoms. The maximum absolute atomic E-state index is 12.7. The number of hydrogen-bond donors (Lipinski definition) is 0. The van der Waals surface area contributed by atoms with Crippen molar-refractivity contribution in [3.8, 4) is 0 Å². The van der Waals surface area contributed by atoms with Gasteiger partial charge in [0.1, 0.15) is 0 Å². The van der Waals surface area contributed by atoms with Gasteiger partial charge in [-0.05, 0) is 36.6 Å². The second-order valence-corrected chi connectivity index (χ2v) is 10.1. The number of hydrogen-bond acceptors (Lipinski definition) is 4. The van der Waals surface area contributed by atoms with E-state index in [4.69, 9.17) is 0 Å². The maximum atomic E-state index is 12.7. The van der Waals surface area contributed by atoms with Gasteiger partial charge in [-0.15, -0.1) is 0 Å². The van der Waals surface area contributed by atoms with Gasteiger partial charge in [-0.1, -0.05) is 48.5 Å². The van der Waals surface area contributed by atoms with Gasteiger partial charge in [-0.3, -0.25) is 0 Å². The molecule has 1 saturated heterocycles. The Morgan fingerprint density at radius 2 is 1.54 bits per heavy atom. The van der Waals surface area contributed by atoms with Crippen LogP contribution in [-0.4, -0.2) is 39.5 Å². The zero-order chi connectivity index (χ0) is 18.6. The highest BCUT2D eigenvalue weighted by atomic mass is 32.2. The summed E-state index contributed by atoms with van der Waals surface area (Å²) in [6.45, 7) is 0.344. The average Bonchev–Trinajstić information content (AvgIpc) is 3.10. The minimum absolute atomic E-state index is 0.199. The topological polar surface area (TPSA) is 71.5 Å². The van der Waals surface area contributed by atoms with Crippen LogP contribution in [0.1, 0.15) is 18.4 Å². The number of rotatable bonds is 6. The van der Waals surface area contributed by atoms with E-state index in [0.29, 0.717) is 19.4 Å². The van der Waals surface area contributed by atoms with Gasteiger partial charge in [0.2, 0.25) is 10.0 Å². The third-order valence-electron chi connectivity index (χ3n) is 4.40. The predicted octanol–water partition coefficient (Wildman–Crippen LogP) is 2.93. The lowest BCUT2D eigenvalue weighted by Crippen LogP contribution is -2.38. The van der Waals surface area contributed by atoms with Crippen LogP contribution in [0.5, 0.6) is 0 Å². The van der Waals surface area contributed by atoms with Crippen molar-refractivity contribution in [2.75, 3.05) is 12.3 Å². The molecule has 7 heteroatoms. The van der Waals surface area contributed by atoms with Crippen molar-refractivity contribution < 1.29 is 16.8 Å².